The van der Waals surface area contributed by atoms with Crippen LogP contribution in [0, 0.1) is 0 Å². The standard InChI is InChI=1S/C6H11NO4/c1-8-5-7-6(9-2,10-3)4-11-5/h4H2,1-3H3. The van der Waals surface area contributed by atoms with Gasteiger partial charge in [0.05, 0.1) is 7.11 Å². The fraction of sp³-hybridized carbons (Fsp3) is 0.833. The molecule has 0 aromatic heterocycles. The van der Waals surface area contributed by atoms with Crippen LogP contribution in [0.4, 0.5) is 0 Å². The summed E-state index contributed by atoms with van der Waals surface area (Å²) >= 11 is 0. The topological polar surface area (TPSA) is 49.3 Å². The average molecular weight is 161 g/mol. The molecule has 0 aliphatic carbocycles. The maximum absolute atomic E-state index is 4.98. The van der Waals surface area contributed by atoms with Gasteiger partial charge in [0.25, 0.3) is 0 Å². The molecule has 0 bridgehead atoms. The van der Waals surface area contributed by atoms with E-state index in [9.17, 15) is 0 Å². The summed E-state index contributed by atoms with van der Waals surface area (Å²) in [7, 11) is 4.46. The van der Waals surface area contributed by atoms with Crippen molar-refractivity contribution in [3.05, 3.63) is 0 Å². The summed E-state index contributed by atoms with van der Waals surface area (Å²) in [6.07, 6.45) is 0.189. The lowest BCUT2D eigenvalue weighted by Gasteiger charge is -2.18. The van der Waals surface area contributed by atoms with Gasteiger partial charge in [0.15, 0.2) is 6.61 Å². The highest BCUT2D eigenvalue weighted by atomic mass is 16.8. The minimum absolute atomic E-state index is 0.189. The monoisotopic (exact) mass is 161 g/mol. The van der Waals surface area contributed by atoms with Gasteiger partial charge in [-0.3, -0.25) is 0 Å². The van der Waals surface area contributed by atoms with Gasteiger partial charge in [-0.1, -0.05) is 0 Å². The number of hydrogen-bond donors (Lipinski definition) is 0. The maximum Gasteiger partial charge on any atom is 0.388 e. The first kappa shape index (κ1) is 8.29. The SMILES string of the molecule is COC1=NC(OC)(OC)CO1. The lowest BCUT2D eigenvalue weighted by Crippen LogP contribution is -2.32. The number of rotatable bonds is 2. The van der Waals surface area contributed by atoms with Crippen molar-refractivity contribution in [3.63, 3.8) is 0 Å². The van der Waals surface area contributed by atoms with E-state index in [-0.39, 0.29) is 12.7 Å². The number of nitrogens with zero attached hydrogens (tertiary/aromatic N) is 1. The van der Waals surface area contributed by atoms with Gasteiger partial charge in [0.1, 0.15) is 0 Å². The second kappa shape index (κ2) is 3.06. The fourth-order valence-corrected chi connectivity index (χ4v) is 0.754. The number of ether oxygens (including phenoxy) is 4. The summed E-state index contributed by atoms with van der Waals surface area (Å²) in [6.45, 7) is 0.225. The molecule has 0 fully saturated rings. The van der Waals surface area contributed by atoms with Crippen LogP contribution in [0.2, 0.25) is 0 Å². The summed E-state index contributed by atoms with van der Waals surface area (Å²) in [6, 6.07) is 0. The van der Waals surface area contributed by atoms with Crippen molar-refractivity contribution in [3.8, 4) is 0 Å². The highest BCUT2D eigenvalue weighted by Gasteiger charge is 2.37. The second-order valence-corrected chi connectivity index (χ2v) is 1.99. The molecule has 0 amide bonds. The zero-order chi connectivity index (χ0) is 8.32. The molecule has 0 aromatic rings. The van der Waals surface area contributed by atoms with Crippen LogP contribution < -0.4 is 0 Å². The molecule has 0 atom stereocenters. The minimum Gasteiger partial charge on any atom is -0.454 e. The van der Waals surface area contributed by atoms with Crippen LogP contribution >= 0.6 is 0 Å². The Bertz CT molecular complexity index is 164. The molecule has 1 heterocycles. The van der Waals surface area contributed by atoms with E-state index in [4.69, 9.17) is 18.9 Å². The fourth-order valence-electron chi connectivity index (χ4n) is 0.754. The van der Waals surface area contributed by atoms with E-state index >= 15 is 0 Å². The predicted molar refractivity (Wildman–Crippen MR) is 37.1 cm³/mol. The molecule has 64 valence electrons. The third-order valence-electron chi connectivity index (χ3n) is 1.45. The molecule has 0 unspecified atom stereocenters. The Labute approximate surface area is 64.9 Å². The van der Waals surface area contributed by atoms with E-state index < -0.39 is 5.91 Å². The molecule has 0 saturated heterocycles. The van der Waals surface area contributed by atoms with Gasteiger partial charge in [0, 0.05) is 14.2 Å². The van der Waals surface area contributed by atoms with Crippen molar-refractivity contribution in [1.29, 1.82) is 0 Å². The average Bonchev–Trinajstić information content (AvgIpc) is 2.49. The smallest absolute Gasteiger partial charge is 0.388 e. The molecular formula is C6H11NO4. The third kappa shape index (κ3) is 1.44. The predicted octanol–water partition coefficient (Wildman–Crippen LogP) is -0.0344. The highest BCUT2D eigenvalue weighted by molar-refractivity contribution is 5.68. The number of aliphatic imine (C=N–C) groups is 1. The van der Waals surface area contributed by atoms with Gasteiger partial charge in [-0.05, 0) is 0 Å². The Balaban J connectivity index is 2.67. The van der Waals surface area contributed by atoms with Gasteiger partial charge >= 0.3 is 12.0 Å². The summed E-state index contributed by atoms with van der Waals surface area (Å²) < 4.78 is 19.6. The highest BCUT2D eigenvalue weighted by Crippen LogP contribution is 2.20. The van der Waals surface area contributed by atoms with Crippen LogP contribution in [0.15, 0.2) is 4.99 Å². The van der Waals surface area contributed by atoms with Crippen LogP contribution in [0.3, 0.4) is 0 Å². The van der Waals surface area contributed by atoms with E-state index in [1.807, 2.05) is 0 Å². The minimum atomic E-state index is -1.01. The van der Waals surface area contributed by atoms with Crippen molar-refractivity contribution in [1.82, 2.24) is 0 Å². The van der Waals surface area contributed by atoms with Crippen molar-refractivity contribution in [2.75, 3.05) is 27.9 Å². The lowest BCUT2D eigenvalue weighted by atomic mass is 10.5. The largest absolute Gasteiger partial charge is 0.454 e. The molecule has 0 N–H and O–H groups in total. The number of hydrogen-bond acceptors (Lipinski definition) is 5. The van der Waals surface area contributed by atoms with Gasteiger partial charge in [-0.2, -0.15) is 4.99 Å². The van der Waals surface area contributed by atoms with E-state index in [0.29, 0.717) is 0 Å². The first-order valence-corrected chi connectivity index (χ1v) is 3.13. The summed E-state index contributed by atoms with van der Waals surface area (Å²) in [5.41, 5.74) is 0. The first-order valence-electron chi connectivity index (χ1n) is 3.13. The quantitative estimate of drug-likeness (QED) is 0.533. The van der Waals surface area contributed by atoms with Crippen molar-refractivity contribution < 1.29 is 18.9 Å². The molecule has 0 radical (unpaired) electrons. The van der Waals surface area contributed by atoms with Crippen LogP contribution in [0.1, 0.15) is 0 Å². The Morgan fingerprint density at radius 1 is 1.36 bits per heavy atom. The molecule has 0 saturated carbocycles. The first-order chi connectivity index (χ1) is 5.26. The summed E-state index contributed by atoms with van der Waals surface area (Å²) in [4.78, 5) is 3.90. The molecule has 1 aliphatic heterocycles. The molecule has 0 spiro atoms. The maximum atomic E-state index is 4.98. The molecule has 1 aliphatic rings. The van der Waals surface area contributed by atoms with Gasteiger partial charge < -0.3 is 18.9 Å². The molecule has 5 nitrogen and oxygen atoms in total. The van der Waals surface area contributed by atoms with Gasteiger partial charge in [-0.15, -0.1) is 0 Å². The summed E-state index contributed by atoms with van der Waals surface area (Å²) in [5.74, 6) is -1.01. The molecule has 11 heavy (non-hydrogen) atoms. The Hall–Kier alpha value is -0.810. The normalized spacial score (nSPS) is 20.8. The van der Waals surface area contributed by atoms with Crippen molar-refractivity contribution >= 4 is 6.08 Å². The van der Waals surface area contributed by atoms with Crippen LogP contribution in [-0.2, 0) is 18.9 Å². The van der Waals surface area contributed by atoms with E-state index in [0.717, 1.165) is 0 Å². The zero-order valence-electron chi connectivity index (χ0n) is 6.79. The Kier molecular flexibility index (Phi) is 2.31. The van der Waals surface area contributed by atoms with Crippen LogP contribution in [0.25, 0.3) is 0 Å². The van der Waals surface area contributed by atoms with E-state index in [1.54, 1.807) is 0 Å². The number of methoxy groups -OCH3 is 3. The second-order valence-electron chi connectivity index (χ2n) is 1.99. The zero-order valence-corrected chi connectivity index (χ0v) is 6.79. The lowest BCUT2D eigenvalue weighted by molar-refractivity contribution is -0.205. The molecule has 5 heteroatoms. The molecule has 1 rings (SSSR count). The van der Waals surface area contributed by atoms with Crippen LogP contribution in [-0.4, -0.2) is 39.9 Å². The van der Waals surface area contributed by atoms with Crippen molar-refractivity contribution in [2.24, 2.45) is 4.99 Å². The van der Waals surface area contributed by atoms with E-state index in [1.165, 1.54) is 21.3 Å². The summed E-state index contributed by atoms with van der Waals surface area (Å²) in [5, 5.41) is 0. The van der Waals surface area contributed by atoms with Gasteiger partial charge in [-0.25, -0.2) is 0 Å². The Morgan fingerprint density at radius 2 is 2.00 bits per heavy atom. The Morgan fingerprint density at radius 3 is 2.27 bits per heavy atom. The van der Waals surface area contributed by atoms with E-state index in [2.05, 4.69) is 4.99 Å². The van der Waals surface area contributed by atoms with Gasteiger partial charge in [0.2, 0.25) is 0 Å². The molecular weight excluding hydrogens is 150 g/mol. The third-order valence-corrected chi connectivity index (χ3v) is 1.45. The molecule has 0 aromatic carbocycles. The van der Waals surface area contributed by atoms with Crippen LogP contribution in [0.5, 0.6) is 0 Å². The van der Waals surface area contributed by atoms with Crippen molar-refractivity contribution in [2.45, 2.75) is 5.91 Å².